The summed E-state index contributed by atoms with van der Waals surface area (Å²) in [5, 5.41) is 21.8. The van der Waals surface area contributed by atoms with E-state index in [1.54, 1.807) is 13.2 Å². The van der Waals surface area contributed by atoms with Crippen LogP contribution < -0.4 is 0 Å². The average Bonchev–Trinajstić information content (AvgIpc) is 3.28. The number of ether oxygens (including phenoxy) is 5. The van der Waals surface area contributed by atoms with Gasteiger partial charge >= 0.3 is 5.97 Å². The highest BCUT2D eigenvalue weighted by molar-refractivity contribution is 5.82. The van der Waals surface area contributed by atoms with Gasteiger partial charge in [-0.1, -0.05) is 55.0 Å². The second-order valence-electron chi connectivity index (χ2n) is 11.4. The minimum atomic E-state index is -1.15. The van der Waals surface area contributed by atoms with Crippen LogP contribution >= 0.6 is 0 Å². The molecule has 8 heteroatoms. The first-order valence-corrected chi connectivity index (χ1v) is 14.1. The number of hydrogen-bond acceptors (Lipinski definition) is 8. The molecule has 4 aliphatic rings. The Morgan fingerprint density at radius 1 is 1.03 bits per heavy atom. The lowest BCUT2D eigenvalue weighted by Crippen LogP contribution is -2.37. The van der Waals surface area contributed by atoms with Crippen molar-refractivity contribution in [3.63, 3.8) is 0 Å². The topological polar surface area (TPSA) is 104 Å². The number of methoxy groups -OCH3 is 1. The maximum atomic E-state index is 12.7. The van der Waals surface area contributed by atoms with Crippen molar-refractivity contribution in [1.82, 2.24) is 0 Å². The van der Waals surface area contributed by atoms with Crippen molar-refractivity contribution >= 4 is 5.97 Å². The van der Waals surface area contributed by atoms with Crippen LogP contribution in [-0.2, 0) is 28.5 Å². The lowest BCUT2D eigenvalue weighted by Gasteiger charge is -2.28. The Hall–Kier alpha value is -2.07. The smallest absolute Gasteiger partial charge is 0.330 e. The van der Waals surface area contributed by atoms with Crippen LogP contribution in [0, 0.1) is 5.92 Å². The Kier molecular flexibility index (Phi) is 10.7. The predicted molar refractivity (Wildman–Crippen MR) is 147 cm³/mol. The van der Waals surface area contributed by atoms with Crippen LogP contribution in [0.25, 0.3) is 0 Å². The number of carbonyl (C=O) groups excluding carboxylic acids is 1. The normalized spacial score (nSPS) is 41.5. The van der Waals surface area contributed by atoms with Crippen molar-refractivity contribution in [3.8, 4) is 0 Å². The zero-order valence-electron chi connectivity index (χ0n) is 23.3. The molecule has 0 aromatic carbocycles. The Morgan fingerprint density at radius 3 is 2.64 bits per heavy atom. The van der Waals surface area contributed by atoms with Gasteiger partial charge in [-0.15, -0.1) is 0 Å². The monoisotopic (exact) mass is 544 g/mol. The molecular formula is C31H44O8. The summed E-state index contributed by atoms with van der Waals surface area (Å²) >= 11 is 0. The highest BCUT2D eigenvalue weighted by atomic mass is 16.7. The molecule has 0 aromatic rings. The van der Waals surface area contributed by atoms with Gasteiger partial charge in [-0.05, 0) is 57.4 Å². The SMILES string of the molecule is C=C1C[C@H](C)C[C@@H]2CC=C[C@@H](C/C=C\C(=O)O[C@H]3C[C@@H](O[C@H]3/C=C/[C@@H]3CC(C)=C[C@H](OC)O3)[C@@H](O)[C@@H](O)C1)O2. The van der Waals surface area contributed by atoms with Crippen LogP contribution in [-0.4, -0.2) is 78.4 Å². The third-order valence-electron chi connectivity index (χ3n) is 7.75. The van der Waals surface area contributed by atoms with E-state index in [0.717, 1.165) is 30.4 Å². The minimum absolute atomic E-state index is 0.0853. The lowest BCUT2D eigenvalue weighted by atomic mass is 9.90. The quantitative estimate of drug-likeness (QED) is 0.405. The molecule has 4 aliphatic heterocycles. The van der Waals surface area contributed by atoms with Crippen molar-refractivity contribution in [2.24, 2.45) is 5.92 Å². The maximum Gasteiger partial charge on any atom is 0.330 e. The van der Waals surface area contributed by atoms with E-state index in [-0.39, 0.29) is 31.2 Å². The summed E-state index contributed by atoms with van der Waals surface area (Å²) in [6.45, 7) is 8.34. The molecule has 0 spiro atoms. The largest absolute Gasteiger partial charge is 0.456 e. The minimum Gasteiger partial charge on any atom is -0.456 e. The highest BCUT2D eigenvalue weighted by Crippen LogP contribution is 2.31. The number of rotatable bonds is 3. The first kappa shape index (κ1) is 29.9. The van der Waals surface area contributed by atoms with E-state index in [2.05, 4.69) is 19.6 Å². The van der Waals surface area contributed by atoms with Gasteiger partial charge < -0.3 is 33.9 Å². The number of fused-ring (bicyclic) bond motifs is 4. The average molecular weight is 545 g/mol. The van der Waals surface area contributed by atoms with Crippen LogP contribution in [0.3, 0.4) is 0 Å². The molecule has 0 amide bonds. The third kappa shape index (κ3) is 8.71. The fraction of sp³-hybridized carbons (Fsp3) is 0.645. The molecule has 2 N–H and O–H groups in total. The Bertz CT molecular complexity index is 968. The van der Waals surface area contributed by atoms with Crippen LogP contribution in [0.2, 0.25) is 0 Å². The van der Waals surface area contributed by atoms with E-state index in [4.69, 9.17) is 23.7 Å². The summed E-state index contributed by atoms with van der Waals surface area (Å²) in [4.78, 5) is 12.7. The van der Waals surface area contributed by atoms with Crippen molar-refractivity contribution in [2.45, 2.75) is 114 Å². The van der Waals surface area contributed by atoms with Crippen LogP contribution in [0.5, 0.6) is 0 Å². The Labute approximate surface area is 232 Å². The lowest BCUT2D eigenvalue weighted by molar-refractivity contribution is -0.144. The van der Waals surface area contributed by atoms with Gasteiger partial charge in [0.15, 0.2) is 6.29 Å². The molecule has 216 valence electrons. The van der Waals surface area contributed by atoms with Crippen LogP contribution in [0.1, 0.15) is 58.8 Å². The number of carbonyl (C=O) groups is 1. The molecule has 4 heterocycles. The highest BCUT2D eigenvalue weighted by Gasteiger charge is 2.42. The van der Waals surface area contributed by atoms with Gasteiger partial charge in [0, 0.05) is 19.6 Å². The number of esters is 1. The van der Waals surface area contributed by atoms with E-state index in [1.165, 1.54) is 6.08 Å². The van der Waals surface area contributed by atoms with E-state index in [9.17, 15) is 15.0 Å². The van der Waals surface area contributed by atoms with Crippen molar-refractivity contribution in [3.05, 3.63) is 60.3 Å². The molecule has 0 aromatic heterocycles. The van der Waals surface area contributed by atoms with Gasteiger partial charge in [0.1, 0.15) is 18.3 Å². The van der Waals surface area contributed by atoms with Gasteiger partial charge in [0.05, 0.1) is 30.5 Å². The van der Waals surface area contributed by atoms with E-state index in [0.29, 0.717) is 18.8 Å². The summed E-state index contributed by atoms with van der Waals surface area (Å²) in [5.74, 6) is -0.160. The van der Waals surface area contributed by atoms with Gasteiger partial charge in [0.25, 0.3) is 0 Å². The van der Waals surface area contributed by atoms with E-state index in [1.807, 2.05) is 31.2 Å². The molecule has 0 radical (unpaired) electrons. The van der Waals surface area contributed by atoms with E-state index < -0.39 is 42.8 Å². The fourth-order valence-electron chi connectivity index (χ4n) is 5.84. The van der Waals surface area contributed by atoms with Gasteiger partial charge in [-0.25, -0.2) is 4.79 Å². The third-order valence-corrected chi connectivity index (χ3v) is 7.75. The second-order valence-corrected chi connectivity index (χ2v) is 11.4. The van der Waals surface area contributed by atoms with Crippen molar-refractivity contribution in [1.29, 1.82) is 0 Å². The molecule has 0 unspecified atom stereocenters. The summed E-state index contributed by atoms with van der Waals surface area (Å²) in [6.07, 6.45) is 12.6. The van der Waals surface area contributed by atoms with Crippen molar-refractivity contribution < 1.29 is 38.7 Å². The molecule has 0 aliphatic carbocycles. The number of hydrogen-bond donors (Lipinski definition) is 2. The predicted octanol–water partition coefficient (Wildman–Crippen LogP) is 4.08. The molecule has 4 rings (SSSR count). The molecule has 1 saturated heterocycles. The number of aliphatic hydroxyl groups excluding tert-OH is 2. The zero-order chi connectivity index (χ0) is 27.9. The second kappa shape index (κ2) is 14.0. The Balaban J connectivity index is 1.49. The van der Waals surface area contributed by atoms with Crippen LogP contribution in [0.15, 0.2) is 60.3 Å². The number of aliphatic hydroxyl groups is 2. The first-order chi connectivity index (χ1) is 18.7. The van der Waals surface area contributed by atoms with Crippen molar-refractivity contribution in [2.75, 3.05) is 7.11 Å². The summed E-state index contributed by atoms with van der Waals surface area (Å²) in [6, 6.07) is 0. The maximum absolute atomic E-state index is 12.7. The molecule has 4 bridgehead atoms. The van der Waals surface area contributed by atoms with Gasteiger partial charge in [-0.3, -0.25) is 0 Å². The van der Waals surface area contributed by atoms with Gasteiger partial charge in [0.2, 0.25) is 0 Å². The molecule has 8 nitrogen and oxygen atoms in total. The summed E-state index contributed by atoms with van der Waals surface area (Å²) in [7, 11) is 1.59. The fourth-order valence-corrected chi connectivity index (χ4v) is 5.84. The summed E-state index contributed by atoms with van der Waals surface area (Å²) < 4.78 is 29.4. The first-order valence-electron chi connectivity index (χ1n) is 14.1. The standard InChI is InChI=1S/C31H44O8/c1-19-13-20(2)16-25(32)31(34)28-18-27(26(38-28)12-11-24-15-21(3)17-30(35-4)37-24)39-29(33)10-6-8-22-7-5-9-23(14-19)36-22/h5-7,10-12,17,19,22-28,30-32,34H,2,8-9,13-16,18H2,1,3-4H3/b10-6-,12-11+/t19-,22-,23-,24+,25-,26-,27-,28+,30+,31-/m0/s1. The molecule has 39 heavy (non-hydrogen) atoms. The van der Waals surface area contributed by atoms with E-state index >= 15 is 0 Å². The molecule has 0 saturated carbocycles. The summed E-state index contributed by atoms with van der Waals surface area (Å²) in [5.41, 5.74) is 2.03. The molecule has 1 fully saturated rings. The van der Waals surface area contributed by atoms with Gasteiger partial charge in [-0.2, -0.15) is 0 Å². The molecular weight excluding hydrogens is 500 g/mol. The molecule has 10 atom stereocenters. The zero-order valence-corrected chi connectivity index (χ0v) is 23.3. The Morgan fingerprint density at radius 2 is 1.85 bits per heavy atom. The van der Waals surface area contributed by atoms with Crippen LogP contribution in [0.4, 0.5) is 0 Å².